The molecule has 0 bridgehead atoms. The van der Waals surface area contributed by atoms with Crippen LogP contribution in [0.1, 0.15) is 24.2 Å². The van der Waals surface area contributed by atoms with Crippen LogP contribution in [-0.2, 0) is 4.79 Å². The van der Waals surface area contributed by atoms with Gasteiger partial charge < -0.3 is 15.1 Å². The number of pyridine rings is 1. The normalized spacial score (nSPS) is 15.3. The second-order valence-corrected chi connectivity index (χ2v) is 8.22. The number of nitrogens with one attached hydrogen (secondary N) is 1. The van der Waals surface area contributed by atoms with E-state index in [1.165, 1.54) is 0 Å². The topological polar surface area (TPSA) is 65.5 Å². The number of rotatable bonds is 5. The van der Waals surface area contributed by atoms with E-state index >= 15 is 0 Å². The summed E-state index contributed by atoms with van der Waals surface area (Å²) in [4.78, 5) is 33.9. The van der Waals surface area contributed by atoms with Gasteiger partial charge in [-0.25, -0.2) is 4.98 Å². The molecule has 6 nitrogen and oxygen atoms in total. The maximum absolute atomic E-state index is 13.1. The van der Waals surface area contributed by atoms with Gasteiger partial charge in [0.1, 0.15) is 11.9 Å². The molecule has 0 spiro atoms. The van der Waals surface area contributed by atoms with E-state index in [0.29, 0.717) is 41.8 Å². The van der Waals surface area contributed by atoms with E-state index in [2.05, 4.69) is 15.2 Å². The van der Waals surface area contributed by atoms with Gasteiger partial charge in [0.25, 0.3) is 5.91 Å². The smallest absolute Gasteiger partial charge is 0.251 e. The van der Waals surface area contributed by atoms with E-state index in [1.807, 2.05) is 26.0 Å². The number of carbonyl (C=O) groups excluding carboxylic acids is 2. The minimum Gasteiger partial charge on any atom is -0.353 e. The number of benzene rings is 1. The summed E-state index contributed by atoms with van der Waals surface area (Å²) in [7, 11) is 0. The van der Waals surface area contributed by atoms with Crippen LogP contribution in [0, 0.1) is 5.92 Å². The van der Waals surface area contributed by atoms with E-state index in [1.54, 1.807) is 35.4 Å². The average Bonchev–Trinajstić information content (AvgIpc) is 2.72. The number of hydrogen-bond donors (Lipinski definition) is 1. The molecule has 1 aliphatic heterocycles. The van der Waals surface area contributed by atoms with Crippen LogP contribution in [0.25, 0.3) is 0 Å². The van der Waals surface area contributed by atoms with Gasteiger partial charge in [-0.1, -0.05) is 37.0 Å². The Morgan fingerprint density at radius 2 is 1.59 bits per heavy atom. The molecule has 29 heavy (non-hydrogen) atoms. The lowest BCUT2D eigenvalue weighted by Crippen LogP contribution is -2.56. The number of amides is 2. The zero-order valence-corrected chi connectivity index (χ0v) is 18.0. The Kier molecular flexibility index (Phi) is 6.98. The minimum absolute atomic E-state index is 0.0327. The largest absolute Gasteiger partial charge is 0.353 e. The van der Waals surface area contributed by atoms with Gasteiger partial charge in [-0.05, 0) is 42.3 Å². The number of hydrogen-bond acceptors (Lipinski definition) is 4. The van der Waals surface area contributed by atoms with Crippen molar-refractivity contribution in [3.05, 3.63) is 58.2 Å². The Morgan fingerprint density at radius 3 is 2.14 bits per heavy atom. The maximum Gasteiger partial charge on any atom is 0.251 e. The Balaban J connectivity index is 1.61. The van der Waals surface area contributed by atoms with Crippen LogP contribution in [0.5, 0.6) is 0 Å². The van der Waals surface area contributed by atoms with Gasteiger partial charge in [0.15, 0.2) is 0 Å². The highest BCUT2D eigenvalue weighted by Gasteiger charge is 2.31. The standard InChI is InChI=1S/C21H24Cl2N4O2/c1-14(2)19(25-20(28)15-3-5-16(22)6-4-15)21(29)27-11-9-26(10-12-27)18-8-7-17(23)13-24-18/h3-8,13-14,19H,9-12H2,1-2H3,(H,25,28). The molecule has 1 atom stereocenters. The lowest BCUT2D eigenvalue weighted by molar-refractivity contribution is -0.134. The third-order valence-electron chi connectivity index (χ3n) is 4.95. The van der Waals surface area contributed by atoms with Crippen molar-refractivity contribution in [1.82, 2.24) is 15.2 Å². The molecule has 0 saturated carbocycles. The van der Waals surface area contributed by atoms with Crippen molar-refractivity contribution in [3.8, 4) is 0 Å². The molecule has 2 amide bonds. The number of piperazine rings is 1. The SMILES string of the molecule is CC(C)C(NC(=O)c1ccc(Cl)cc1)C(=O)N1CCN(c2ccc(Cl)cn2)CC1. The molecule has 1 unspecified atom stereocenters. The molecule has 2 heterocycles. The maximum atomic E-state index is 13.1. The molecule has 1 aromatic carbocycles. The highest BCUT2D eigenvalue weighted by Crippen LogP contribution is 2.18. The average molecular weight is 435 g/mol. The van der Waals surface area contributed by atoms with Crippen LogP contribution < -0.4 is 10.2 Å². The molecule has 8 heteroatoms. The second kappa shape index (κ2) is 9.46. The van der Waals surface area contributed by atoms with Crippen LogP contribution in [0.3, 0.4) is 0 Å². The lowest BCUT2D eigenvalue weighted by Gasteiger charge is -2.37. The van der Waals surface area contributed by atoms with Crippen LogP contribution in [0.15, 0.2) is 42.6 Å². The van der Waals surface area contributed by atoms with Gasteiger partial charge in [-0.15, -0.1) is 0 Å². The lowest BCUT2D eigenvalue weighted by atomic mass is 10.0. The van der Waals surface area contributed by atoms with Crippen LogP contribution in [0.4, 0.5) is 5.82 Å². The number of aromatic nitrogens is 1. The molecule has 154 valence electrons. The predicted molar refractivity (Wildman–Crippen MR) is 116 cm³/mol. The first kappa shape index (κ1) is 21.4. The highest BCUT2D eigenvalue weighted by atomic mass is 35.5. The van der Waals surface area contributed by atoms with E-state index in [0.717, 1.165) is 5.82 Å². The fraction of sp³-hybridized carbons (Fsp3) is 0.381. The highest BCUT2D eigenvalue weighted by molar-refractivity contribution is 6.30. The van der Waals surface area contributed by atoms with Crippen LogP contribution >= 0.6 is 23.2 Å². The van der Waals surface area contributed by atoms with Crippen molar-refractivity contribution in [2.24, 2.45) is 5.92 Å². The van der Waals surface area contributed by atoms with Crippen molar-refractivity contribution in [2.45, 2.75) is 19.9 Å². The molecule has 3 rings (SSSR count). The molecule has 1 aliphatic rings. The van der Waals surface area contributed by atoms with E-state index < -0.39 is 6.04 Å². The summed E-state index contributed by atoms with van der Waals surface area (Å²) in [6.45, 7) is 6.36. The Morgan fingerprint density at radius 1 is 0.966 bits per heavy atom. The van der Waals surface area contributed by atoms with Crippen molar-refractivity contribution in [3.63, 3.8) is 0 Å². The number of halogens is 2. The fourth-order valence-corrected chi connectivity index (χ4v) is 3.48. The van der Waals surface area contributed by atoms with Crippen molar-refractivity contribution < 1.29 is 9.59 Å². The molecule has 2 aromatic rings. The summed E-state index contributed by atoms with van der Waals surface area (Å²) in [5, 5.41) is 4.04. The van der Waals surface area contributed by atoms with Crippen LogP contribution in [0.2, 0.25) is 10.0 Å². The third-order valence-corrected chi connectivity index (χ3v) is 5.43. The molecular formula is C21H24Cl2N4O2. The van der Waals surface area contributed by atoms with Gasteiger partial charge in [0, 0.05) is 43.0 Å². The van der Waals surface area contributed by atoms with E-state index in [9.17, 15) is 9.59 Å². The second-order valence-electron chi connectivity index (χ2n) is 7.35. The first-order chi connectivity index (χ1) is 13.8. The Hall–Kier alpha value is -2.31. The van der Waals surface area contributed by atoms with Crippen molar-refractivity contribution >= 4 is 40.8 Å². The molecule has 0 aliphatic carbocycles. The Labute approximate surface area is 180 Å². The summed E-state index contributed by atoms with van der Waals surface area (Å²) in [5.41, 5.74) is 0.478. The molecule has 0 radical (unpaired) electrons. The summed E-state index contributed by atoms with van der Waals surface area (Å²) in [6, 6.07) is 9.72. The quantitative estimate of drug-likeness (QED) is 0.781. The molecule has 1 fully saturated rings. The van der Waals surface area contributed by atoms with Gasteiger partial charge >= 0.3 is 0 Å². The molecule has 1 saturated heterocycles. The predicted octanol–water partition coefficient (Wildman–Crippen LogP) is 3.49. The van der Waals surface area contributed by atoms with E-state index in [-0.39, 0.29) is 17.7 Å². The zero-order chi connectivity index (χ0) is 21.0. The zero-order valence-electron chi connectivity index (χ0n) is 16.4. The summed E-state index contributed by atoms with van der Waals surface area (Å²) >= 11 is 11.8. The molecule has 1 aromatic heterocycles. The van der Waals surface area contributed by atoms with Crippen LogP contribution in [-0.4, -0.2) is 53.9 Å². The summed E-state index contributed by atoms with van der Waals surface area (Å²) in [5.74, 6) is 0.469. The first-order valence-electron chi connectivity index (χ1n) is 9.57. The number of nitrogens with zero attached hydrogens (tertiary/aromatic N) is 3. The summed E-state index contributed by atoms with van der Waals surface area (Å²) in [6.07, 6.45) is 1.62. The monoisotopic (exact) mass is 434 g/mol. The minimum atomic E-state index is -0.585. The fourth-order valence-electron chi connectivity index (χ4n) is 3.25. The van der Waals surface area contributed by atoms with Gasteiger partial charge in [-0.3, -0.25) is 9.59 Å². The molecule has 1 N–H and O–H groups in total. The number of anilines is 1. The molecular weight excluding hydrogens is 411 g/mol. The summed E-state index contributed by atoms with van der Waals surface area (Å²) < 4.78 is 0. The Bertz CT molecular complexity index is 848. The van der Waals surface area contributed by atoms with Crippen molar-refractivity contribution in [2.75, 3.05) is 31.1 Å². The van der Waals surface area contributed by atoms with E-state index in [4.69, 9.17) is 23.2 Å². The van der Waals surface area contributed by atoms with Gasteiger partial charge in [0.2, 0.25) is 5.91 Å². The van der Waals surface area contributed by atoms with Gasteiger partial charge in [0.05, 0.1) is 5.02 Å². The van der Waals surface area contributed by atoms with Gasteiger partial charge in [-0.2, -0.15) is 0 Å². The van der Waals surface area contributed by atoms with Crippen molar-refractivity contribution in [1.29, 1.82) is 0 Å². The third kappa shape index (κ3) is 5.40. The first-order valence-corrected chi connectivity index (χ1v) is 10.3. The number of carbonyl (C=O) groups is 2.